The van der Waals surface area contributed by atoms with Crippen molar-refractivity contribution < 1.29 is 5.11 Å². The second-order valence-corrected chi connectivity index (χ2v) is 4.65. The van der Waals surface area contributed by atoms with Crippen LogP contribution >= 0.6 is 0 Å². The number of nitrogens with zero attached hydrogens (tertiary/aromatic N) is 2. The van der Waals surface area contributed by atoms with E-state index in [-0.39, 0.29) is 0 Å². The molecule has 2 N–H and O–H groups in total. The molecule has 0 spiro atoms. The number of hydrogen-bond acceptors (Lipinski definition) is 3. The molecule has 1 heterocycles. The van der Waals surface area contributed by atoms with Gasteiger partial charge < -0.3 is 10.4 Å². The van der Waals surface area contributed by atoms with Gasteiger partial charge in [0.15, 0.2) is 0 Å². The average molecular weight is 211 g/mol. The van der Waals surface area contributed by atoms with Crippen LogP contribution in [0.3, 0.4) is 0 Å². The fourth-order valence-corrected chi connectivity index (χ4v) is 1.38. The monoisotopic (exact) mass is 211 g/mol. The minimum absolute atomic E-state index is 0.368. The smallest absolute Gasteiger partial charge is 0.0603 e. The van der Waals surface area contributed by atoms with Crippen molar-refractivity contribution in [3.63, 3.8) is 0 Å². The summed E-state index contributed by atoms with van der Waals surface area (Å²) in [4.78, 5) is 0. The highest BCUT2D eigenvalue weighted by Gasteiger charge is 2.12. The number of rotatable bonds is 6. The Labute approximate surface area is 91.3 Å². The fourth-order valence-electron chi connectivity index (χ4n) is 1.38. The molecule has 1 rings (SSSR count). The molecule has 4 heteroatoms. The highest BCUT2D eigenvalue weighted by atomic mass is 16.3. The predicted molar refractivity (Wildman–Crippen MR) is 60.6 cm³/mol. The summed E-state index contributed by atoms with van der Waals surface area (Å²) >= 11 is 0. The zero-order chi connectivity index (χ0) is 11.3. The van der Waals surface area contributed by atoms with E-state index in [0.717, 1.165) is 19.5 Å². The minimum Gasteiger partial charge on any atom is -0.390 e. The van der Waals surface area contributed by atoms with Crippen LogP contribution in [0.25, 0.3) is 0 Å². The van der Waals surface area contributed by atoms with Gasteiger partial charge in [-0.2, -0.15) is 5.10 Å². The lowest BCUT2D eigenvalue weighted by atomic mass is 10.1. The van der Waals surface area contributed by atoms with E-state index < -0.39 is 5.60 Å². The molecule has 0 aliphatic carbocycles. The summed E-state index contributed by atoms with van der Waals surface area (Å²) in [5.74, 6) is 0. The van der Waals surface area contributed by atoms with Crippen molar-refractivity contribution in [3.8, 4) is 0 Å². The molecule has 0 amide bonds. The average Bonchev–Trinajstić information content (AvgIpc) is 2.54. The van der Waals surface area contributed by atoms with Crippen molar-refractivity contribution in [2.24, 2.45) is 0 Å². The molecule has 0 radical (unpaired) electrons. The van der Waals surface area contributed by atoms with Crippen molar-refractivity contribution in [3.05, 3.63) is 18.5 Å². The first-order chi connectivity index (χ1) is 6.97. The van der Waals surface area contributed by atoms with E-state index in [1.165, 1.54) is 0 Å². The van der Waals surface area contributed by atoms with Gasteiger partial charge in [-0.25, -0.2) is 0 Å². The molecule has 1 atom stereocenters. The Bertz CT molecular complexity index is 264. The lowest BCUT2D eigenvalue weighted by Crippen LogP contribution is -2.34. The molecule has 0 bridgehead atoms. The summed E-state index contributed by atoms with van der Waals surface area (Å²) < 4.78 is 1.90. The van der Waals surface area contributed by atoms with Crippen LogP contribution in [0.4, 0.5) is 0 Å². The first-order valence-corrected chi connectivity index (χ1v) is 5.40. The van der Waals surface area contributed by atoms with E-state index in [1.54, 1.807) is 6.20 Å². The highest BCUT2D eigenvalue weighted by Crippen LogP contribution is 2.05. The molecule has 15 heavy (non-hydrogen) atoms. The Morgan fingerprint density at radius 1 is 1.53 bits per heavy atom. The SMILES string of the molecule is CC(Cn1cccn1)NCCC(C)(C)O. The van der Waals surface area contributed by atoms with E-state index in [2.05, 4.69) is 17.3 Å². The summed E-state index contributed by atoms with van der Waals surface area (Å²) in [6.45, 7) is 7.45. The molecule has 0 aliphatic rings. The van der Waals surface area contributed by atoms with Crippen LogP contribution in [-0.2, 0) is 6.54 Å². The topological polar surface area (TPSA) is 50.1 Å². The Hall–Kier alpha value is -0.870. The van der Waals surface area contributed by atoms with Gasteiger partial charge in [-0.3, -0.25) is 4.68 Å². The van der Waals surface area contributed by atoms with E-state index in [1.807, 2.05) is 30.8 Å². The summed E-state index contributed by atoms with van der Waals surface area (Å²) in [6, 6.07) is 2.29. The maximum atomic E-state index is 9.53. The first kappa shape index (κ1) is 12.2. The lowest BCUT2D eigenvalue weighted by molar-refractivity contribution is 0.0703. The zero-order valence-corrected chi connectivity index (χ0v) is 9.77. The largest absolute Gasteiger partial charge is 0.390 e. The summed E-state index contributed by atoms with van der Waals surface area (Å²) in [7, 11) is 0. The van der Waals surface area contributed by atoms with Gasteiger partial charge in [-0.05, 0) is 39.8 Å². The third-order valence-electron chi connectivity index (χ3n) is 2.25. The van der Waals surface area contributed by atoms with Crippen LogP contribution in [0.2, 0.25) is 0 Å². The standard InChI is InChI=1S/C11H21N3O/c1-10(9-14-8-4-6-13-14)12-7-5-11(2,3)15/h4,6,8,10,12,15H,5,7,9H2,1-3H3. The summed E-state index contributed by atoms with van der Waals surface area (Å²) in [6.07, 6.45) is 4.49. The fraction of sp³-hybridized carbons (Fsp3) is 0.727. The molecular weight excluding hydrogens is 190 g/mol. The number of aromatic nitrogens is 2. The Morgan fingerprint density at radius 3 is 2.80 bits per heavy atom. The summed E-state index contributed by atoms with van der Waals surface area (Å²) in [5, 5.41) is 17.0. The molecule has 1 aromatic heterocycles. The Balaban J connectivity index is 2.17. The number of aliphatic hydroxyl groups is 1. The number of nitrogens with one attached hydrogen (secondary N) is 1. The van der Waals surface area contributed by atoms with Gasteiger partial charge in [0.2, 0.25) is 0 Å². The van der Waals surface area contributed by atoms with Gasteiger partial charge in [0.05, 0.1) is 12.1 Å². The van der Waals surface area contributed by atoms with Crippen LogP contribution in [0.1, 0.15) is 27.2 Å². The van der Waals surface area contributed by atoms with E-state index in [4.69, 9.17) is 0 Å². The lowest BCUT2D eigenvalue weighted by Gasteiger charge is -2.19. The zero-order valence-electron chi connectivity index (χ0n) is 9.77. The molecule has 0 saturated carbocycles. The first-order valence-electron chi connectivity index (χ1n) is 5.40. The molecule has 0 saturated heterocycles. The van der Waals surface area contributed by atoms with Gasteiger partial charge in [0.25, 0.3) is 0 Å². The van der Waals surface area contributed by atoms with Gasteiger partial charge in [0, 0.05) is 18.4 Å². The second-order valence-electron chi connectivity index (χ2n) is 4.65. The van der Waals surface area contributed by atoms with Crippen molar-refractivity contribution in [1.29, 1.82) is 0 Å². The van der Waals surface area contributed by atoms with Crippen LogP contribution in [0.15, 0.2) is 18.5 Å². The Kier molecular flexibility index (Phi) is 4.29. The number of hydrogen-bond donors (Lipinski definition) is 2. The molecule has 1 aromatic rings. The Morgan fingerprint density at radius 2 is 2.27 bits per heavy atom. The van der Waals surface area contributed by atoms with Gasteiger partial charge in [-0.15, -0.1) is 0 Å². The van der Waals surface area contributed by atoms with Gasteiger partial charge >= 0.3 is 0 Å². The van der Waals surface area contributed by atoms with E-state index >= 15 is 0 Å². The van der Waals surface area contributed by atoms with Crippen LogP contribution in [0.5, 0.6) is 0 Å². The third-order valence-corrected chi connectivity index (χ3v) is 2.25. The van der Waals surface area contributed by atoms with E-state index in [9.17, 15) is 5.11 Å². The van der Waals surface area contributed by atoms with Gasteiger partial charge in [-0.1, -0.05) is 0 Å². The quantitative estimate of drug-likeness (QED) is 0.738. The minimum atomic E-state index is -0.585. The maximum Gasteiger partial charge on any atom is 0.0603 e. The van der Waals surface area contributed by atoms with Gasteiger partial charge in [0.1, 0.15) is 0 Å². The van der Waals surface area contributed by atoms with Crippen molar-refractivity contribution in [2.75, 3.05) is 6.54 Å². The van der Waals surface area contributed by atoms with Crippen LogP contribution in [0, 0.1) is 0 Å². The molecule has 0 aliphatic heterocycles. The maximum absolute atomic E-state index is 9.53. The van der Waals surface area contributed by atoms with E-state index in [0.29, 0.717) is 6.04 Å². The van der Waals surface area contributed by atoms with Crippen LogP contribution in [-0.4, -0.2) is 33.1 Å². The summed E-state index contributed by atoms with van der Waals surface area (Å²) in [5.41, 5.74) is -0.585. The molecule has 4 nitrogen and oxygen atoms in total. The highest BCUT2D eigenvalue weighted by molar-refractivity contribution is 4.79. The van der Waals surface area contributed by atoms with Crippen LogP contribution < -0.4 is 5.32 Å². The second kappa shape index (κ2) is 5.28. The molecule has 0 fully saturated rings. The van der Waals surface area contributed by atoms with Crippen molar-refractivity contribution in [1.82, 2.24) is 15.1 Å². The van der Waals surface area contributed by atoms with Crippen molar-refractivity contribution >= 4 is 0 Å². The van der Waals surface area contributed by atoms with Crippen molar-refractivity contribution in [2.45, 2.75) is 45.4 Å². The normalized spacial score (nSPS) is 14.1. The molecule has 86 valence electrons. The predicted octanol–water partition coefficient (Wildman–Crippen LogP) is 1.02. The molecular formula is C11H21N3O. The molecule has 0 aromatic carbocycles. The molecule has 1 unspecified atom stereocenters. The third kappa shape index (κ3) is 5.54.